The van der Waals surface area contributed by atoms with Crippen LogP contribution in [0.25, 0.3) is 0 Å². The van der Waals surface area contributed by atoms with E-state index in [0.29, 0.717) is 0 Å². The van der Waals surface area contributed by atoms with Gasteiger partial charge in [-0.15, -0.1) is 0 Å². The molecule has 0 rings (SSSR count). The molecule has 0 bridgehead atoms. The van der Waals surface area contributed by atoms with E-state index < -0.39 is 26.5 Å². The van der Waals surface area contributed by atoms with Gasteiger partial charge in [0.15, 0.2) is 0 Å². The second-order valence-corrected chi connectivity index (χ2v) is 26.3. The first-order chi connectivity index (χ1) is 11.7. The van der Waals surface area contributed by atoms with E-state index in [4.69, 9.17) is 4.74 Å². The van der Waals surface area contributed by atoms with Crippen LogP contribution in [-0.2, 0) is 9.53 Å². The molecule has 25 heavy (non-hydrogen) atoms. The van der Waals surface area contributed by atoms with Gasteiger partial charge < -0.3 is 0 Å². The van der Waals surface area contributed by atoms with E-state index in [1.54, 1.807) is 6.08 Å². The van der Waals surface area contributed by atoms with Gasteiger partial charge in [-0.25, -0.2) is 0 Å². The minimum atomic E-state index is -2.33. The Bertz CT molecular complexity index is 414. The first kappa shape index (κ1) is 25.0. The monoisotopic (exact) mass is 474 g/mol. The Morgan fingerprint density at radius 3 is 1.64 bits per heavy atom. The van der Waals surface area contributed by atoms with Gasteiger partial charge in [0.25, 0.3) is 0 Å². The average molecular weight is 473 g/mol. The van der Waals surface area contributed by atoms with Crippen molar-refractivity contribution < 1.29 is 9.53 Å². The van der Waals surface area contributed by atoms with E-state index in [2.05, 4.69) is 50.6 Å². The van der Waals surface area contributed by atoms with Gasteiger partial charge in [-0.3, -0.25) is 0 Å². The van der Waals surface area contributed by atoms with Gasteiger partial charge in [0.1, 0.15) is 0 Å². The standard InChI is InChI=1S/C9H15O2Si.3C4H9.Sn/c1-8(12(3,4)5)6-7-9(10)11-2;3*1-3-4-2;/h1,6-7H,2-5H3;3*1,3-4H2,2H3;/b7-6+,8-1?;;;;. The fourth-order valence-corrected chi connectivity index (χ4v) is 24.6. The fraction of sp³-hybridized carbons (Fsp3) is 0.762. The van der Waals surface area contributed by atoms with E-state index in [1.165, 1.54) is 64.1 Å². The molecule has 146 valence electrons. The van der Waals surface area contributed by atoms with Crippen LogP contribution in [0.3, 0.4) is 0 Å². The molecular weight excluding hydrogens is 431 g/mol. The van der Waals surface area contributed by atoms with Gasteiger partial charge in [-0.2, -0.15) is 0 Å². The topological polar surface area (TPSA) is 26.3 Å². The number of unbranched alkanes of at least 4 members (excludes halogenated alkanes) is 3. The molecule has 0 unspecified atom stereocenters. The molecule has 0 aromatic rings. The Hall–Kier alpha value is -0.0344. The second-order valence-electron chi connectivity index (χ2n) is 8.38. The van der Waals surface area contributed by atoms with Gasteiger partial charge in [0, 0.05) is 0 Å². The SMILES string of the molecule is CCC[CH2][Sn](/[CH]=C(\C=C\C(=O)OC)[Si](C)(C)C)([CH2]CCC)[CH2]CCC. The summed E-state index contributed by atoms with van der Waals surface area (Å²) in [6.45, 7) is 14.1. The number of hydrogen-bond acceptors (Lipinski definition) is 2. The molecule has 2 nitrogen and oxygen atoms in total. The van der Waals surface area contributed by atoms with Crippen molar-refractivity contribution in [2.45, 2.75) is 92.2 Å². The third-order valence-corrected chi connectivity index (χ3v) is 22.1. The van der Waals surface area contributed by atoms with Crippen molar-refractivity contribution >= 4 is 32.4 Å². The van der Waals surface area contributed by atoms with Gasteiger partial charge in [0.2, 0.25) is 0 Å². The van der Waals surface area contributed by atoms with Crippen molar-refractivity contribution in [2.75, 3.05) is 7.11 Å². The zero-order valence-corrected chi connectivity index (χ0v) is 21.8. The van der Waals surface area contributed by atoms with Crippen LogP contribution in [0.1, 0.15) is 59.3 Å². The van der Waals surface area contributed by atoms with E-state index in [9.17, 15) is 4.79 Å². The van der Waals surface area contributed by atoms with E-state index in [0.717, 1.165) is 0 Å². The Morgan fingerprint density at radius 2 is 1.32 bits per heavy atom. The summed E-state index contributed by atoms with van der Waals surface area (Å²) in [5.74, 6) is -0.236. The molecule has 0 N–H and O–H groups in total. The maximum atomic E-state index is 11.6. The second kappa shape index (κ2) is 13.2. The average Bonchev–Trinajstić information content (AvgIpc) is 2.58. The molecule has 0 aliphatic carbocycles. The van der Waals surface area contributed by atoms with Gasteiger partial charge in [0.05, 0.1) is 0 Å². The van der Waals surface area contributed by atoms with Gasteiger partial charge >= 0.3 is 163 Å². The predicted octanol–water partition coefficient (Wildman–Crippen LogP) is 6.91. The molecular formula is C21H42O2SiSn. The Kier molecular flexibility index (Phi) is 13.2. The third-order valence-electron chi connectivity index (χ3n) is 5.01. The number of methoxy groups -OCH3 is 1. The Balaban J connectivity index is 5.86. The summed E-state index contributed by atoms with van der Waals surface area (Å²) in [5.41, 5.74) is 0. The van der Waals surface area contributed by atoms with Crippen molar-refractivity contribution in [3.05, 3.63) is 21.4 Å². The number of carbonyl (C=O) groups is 1. The first-order valence-corrected chi connectivity index (χ1v) is 21.4. The number of ether oxygens (including phenoxy) is 1. The van der Waals surface area contributed by atoms with E-state index in [-0.39, 0.29) is 5.97 Å². The summed E-state index contributed by atoms with van der Waals surface area (Å²) < 4.78 is 12.0. The molecule has 0 aromatic heterocycles. The molecule has 0 radical (unpaired) electrons. The molecule has 0 fully saturated rings. The summed E-state index contributed by atoms with van der Waals surface area (Å²) >= 11 is -2.33. The number of rotatable bonds is 13. The summed E-state index contributed by atoms with van der Waals surface area (Å²) in [4.78, 5) is 11.6. The third kappa shape index (κ3) is 10.6. The zero-order chi connectivity index (χ0) is 19.3. The number of allylic oxidation sites excluding steroid dienone is 2. The molecule has 0 amide bonds. The van der Waals surface area contributed by atoms with E-state index >= 15 is 0 Å². The first-order valence-electron chi connectivity index (χ1n) is 10.2. The van der Waals surface area contributed by atoms with Crippen LogP contribution in [0.4, 0.5) is 0 Å². The number of hydrogen-bond donors (Lipinski definition) is 0. The van der Waals surface area contributed by atoms with Crippen LogP contribution < -0.4 is 0 Å². The van der Waals surface area contributed by atoms with Crippen LogP contribution >= 0.6 is 0 Å². The molecule has 0 aromatic carbocycles. The van der Waals surface area contributed by atoms with Crippen LogP contribution in [-0.4, -0.2) is 39.5 Å². The van der Waals surface area contributed by atoms with Crippen molar-refractivity contribution in [3.63, 3.8) is 0 Å². The molecule has 0 saturated heterocycles. The quantitative estimate of drug-likeness (QED) is 0.126. The fourth-order valence-electron chi connectivity index (χ4n) is 3.25. The number of esters is 1. The summed E-state index contributed by atoms with van der Waals surface area (Å²) in [5, 5.41) is 1.48. The van der Waals surface area contributed by atoms with Crippen LogP contribution in [0, 0.1) is 0 Å². The number of carbonyl (C=O) groups excluding carboxylic acids is 1. The Morgan fingerprint density at radius 1 is 0.880 bits per heavy atom. The molecule has 0 spiro atoms. The Labute approximate surface area is 162 Å². The van der Waals surface area contributed by atoms with Gasteiger partial charge in [-0.1, -0.05) is 0 Å². The molecule has 4 heteroatoms. The van der Waals surface area contributed by atoms with Crippen molar-refractivity contribution in [1.82, 2.24) is 0 Å². The van der Waals surface area contributed by atoms with Gasteiger partial charge in [-0.05, 0) is 0 Å². The summed E-state index contributed by atoms with van der Waals surface area (Å²) in [6.07, 6.45) is 11.7. The minimum absolute atomic E-state index is 0.236. The zero-order valence-electron chi connectivity index (χ0n) is 17.9. The van der Waals surface area contributed by atoms with Crippen LogP contribution in [0.15, 0.2) is 21.4 Å². The van der Waals surface area contributed by atoms with Crippen molar-refractivity contribution in [3.8, 4) is 0 Å². The molecule has 0 saturated carbocycles. The summed E-state index contributed by atoms with van der Waals surface area (Å²) in [7, 11) is -0.0185. The normalized spacial score (nSPS) is 13.5. The molecule has 0 heterocycles. The predicted molar refractivity (Wildman–Crippen MR) is 117 cm³/mol. The summed E-state index contributed by atoms with van der Waals surface area (Å²) in [6, 6.07) is 0. The van der Waals surface area contributed by atoms with Crippen molar-refractivity contribution in [1.29, 1.82) is 0 Å². The maximum absolute atomic E-state index is 11.6. The van der Waals surface area contributed by atoms with E-state index in [1.807, 2.05) is 0 Å². The molecule has 0 aliphatic heterocycles. The molecule has 0 aliphatic rings. The van der Waals surface area contributed by atoms with Crippen LogP contribution in [0.2, 0.25) is 33.0 Å². The van der Waals surface area contributed by atoms with Crippen molar-refractivity contribution in [2.24, 2.45) is 0 Å². The molecule has 0 atom stereocenters. The van der Waals surface area contributed by atoms with Crippen LogP contribution in [0.5, 0.6) is 0 Å².